The van der Waals surface area contributed by atoms with E-state index in [-0.39, 0.29) is 30.4 Å². The van der Waals surface area contributed by atoms with Crippen LogP contribution in [0.1, 0.15) is 58.8 Å². The van der Waals surface area contributed by atoms with Crippen molar-refractivity contribution < 1.29 is 14.3 Å². The summed E-state index contributed by atoms with van der Waals surface area (Å²) >= 11 is 0. The zero-order valence-corrected chi connectivity index (χ0v) is 15.9. The molecule has 1 atom stereocenters. The molecule has 6 nitrogen and oxygen atoms in total. The third-order valence-corrected chi connectivity index (χ3v) is 5.13. The molecule has 0 aromatic heterocycles. The molecule has 1 saturated carbocycles. The minimum Gasteiger partial charge on any atom is -0.379 e. The van der Waals surface area contributed by atoms with Gasteiger partial charge in [-0.05, 0) is 39.0 Å². The van der Waals surface area contributed by atoms with Gasteiger partial charge in [0.25, 0.3) is 0 Å². The number of rotatable bonds is 9. The first kappa shape index (κ1) is 20.2. The number of nitrogens with one attached hydrogen (secondary N) is 2. The molecule has 144 valence electrons. The number of hydrogen-bond acceptors (Lipinski definition) is 4. The highest BCUT2D eigenvalue weighted by molar-refractivity contribution is 5.88. The van der Waals surface area contributed by atoms with Gasteiger partial charge < -0.3 is 15.4 Å². The fraction of sp³-hybridized carbons (Fsp3) is 0.895. The second-order valence-corrected chi connectivity index (χ2v) is 7.63. The monoisotopic (exact) mass is 353 g/mol. The molecule has 0 aromatic carbocycles. The van der Waals surface area contributed by atoms with Crippen LogP contribution >= 0.6 is 0 Å². The van der Waals surface area contributed by atoms with Crippen molar-refractivity contribution >= 4 is 11.8 Å². The van der Waals surface area contributed by atoms with E-state index in [1.54, 1.807) is 0 Å². The van der Waals surface area contributed by atoms with Crippen molar-refractivity contribution in [3.05, 3.63) is 0 Å². The largest absolute Gasteiger partial charge is 0.379 e. The fourth-order valence-corrected chi connectivity index (χ4v) is 3.77. The Kier molecular flexibility index (Phi) is 8.68. The maximum absolute atomic E-state index is 12.3. The predicted molar refractivity (Wildman–Crippen MR) is 98.3 cm³/mol. The zero-order chi connectivity index (χ0) is 18.1. The summed E-state index contributed by atoms with van der Waals surface area (Å²) in [7, 11) is 0. The molecule has 6 heteroatoms. The van der Waals surface area contributed by atoms with Gasteiger partial charge in [0.15, 0.2) is 0 Å². The molecule has 0 spiro atoms. The Hall–Kier alpha value is -1.14. The third kappa shape index (κ3) is 7.32. The molecule has 0 aromatic rings. The van der Waals surface area contributed by atoms with Gasteiger partial charge in [-0.15, -0.1) is 0 Å². The van der Waals surface area contributed by atoms with Crippen LogP contribution in [0.15, 0.2) is 0 Å². The van der Waals surface area contributed by atoms with Gasteiger partial charge in [0.05, 0.1) is 18.6 Å². The Labute approximate surface area is 152 Å². The number of carbonyl (C=O) groups excluding carboxylic acids is 2. The minimum absolute atomic E-state index is 0.000325. The smallest absolute Gasteiger partial charge is 0.237 e. The van der Waals surface area contributed by atoms with E-state index in [1.165, 1.54) is 32.1 Å². The van der Waals surface area contributed by atoms with Crippen LogP contribution in [0.25, 0.3) is 0 Å². The topological polar surface area (TPSA) is 70.7 Å². The number of nitrogens with zero attached hydrogens (tertiary/aromatic N) is 1. The Morgan fingerprint density at radius 2 is 2.08 bits per heavy atom. The molecule has 1 aliphatic heterocycles. The van der Waals surface area contributed by atoms with Gasteiger partial charge in [-0.3, -0.25) is 14.5 Å². The molecule has 0 radical (unpaired) electrons. The highest BCUT2D eigenvalue weighted by Crippen LogP contribution is 2.25. The summed E-state index contributed by atoms with van der Waals surface area (Å²) in [4.78, 5) is 26.7. The molecule has 25 heavy (non-hydrogen) atoms. The van der Waals surface area contributed by atoms with Gasteiger partial charge in [-0.25, -0.2) is 0 Å². The Morgan fingerprint density at radius 3 is 2.80 bits per heavy atom. The van der Waals surface area contributed by atoms with Crippen LogP contribution in [-0.2, 0) is 14.3 Å². The molecule has 1 unspecified atom stereocenters. The molecular formula is C19H35N3O3. The molecular weight excluding hydrogens is 318 g/mol. The fourth-order valence-electron chi connectivity index (χ4n) is 3.77. The first-order valence-electron chi connectivity index (χ1n) is 9.96. The van der Waals surface area contributed by atoms with E-state index in [0.29, 0.717) is 25.6 Å². The van der Waals surface area contributed by atoms with Crippen LogP contribution in [-0.4, -0.2) is 61.6 Å². The lowest BCUT2D eigenvalue weighted by Crippen LogP contribution is -2.57. The van der Waals surface area contributed by atoms with Crippen molar-refractivity contribution in [3.8, 4) is 0 Å². The van der Waals surface area contributed by atoms with Crippen molar-refractivity contribution in [2.45, 2.75) is 70.9 Å². The quantitative estimate of drug-likeness (QED) is 0.619. The van der Waals surface area contributed by atoms with Crippen LogP contribution in [0, 0.1) is 5.92 Å². The van der Waals surface area contributed by atoms with Crippen LogP contribution in [0.4, 0.5) is 0 Å². The molecule has 0 bridgehead atoms. The second-order valence-electron chi connectivity index (χ2n) is 7.63. The highest BCUT2D eigenvalue weighted by Gasteiger charge is 2.32. The van der Waals surface area contributed by atoms with Crippen molar-refractivity contribution in [1.82, 2.24) is 15.5 Å². The minimum atomic E-state index is -0.317. The molecule has 1 saturated heterocycles. The van der Waals surface area contributed by atoms with E-state index in [0.717, 1.165) is 19.5 Å². The zero-order valence-electron chi connectivity index (χ0n) is 15.9. The summed E-state index contributed by atoms with van der Waals surface area (Å²) in [5.41, 5.74) is 0. The summed E-state index contributed by atoms with van der Waals surface area (Å²) in [6.07, 6.45) is 7.72. The standard InChI is InChI=1S/C19H35N3O3/c1-15(2)25-12-6-9-20-18(23)13-17-19(24)21-10-11-22(17)14-16-7-4-3-5-8-16/h15-17H,3-14H2,1-2H3,(H,20,23)(H,21,24). The normalized spacial score (nSPS) is 22.8. The second kappa shape index (κ2) is 10.8. The summed E-state index contributed by atoms with van der Waals surface area (Å²) in [5.74, 6) is 0.638. The Bertz CT molecular complexity index is 422. The summed E-state index contributed by atoms with van der Waals surface area (Å²) in [5, 5.41) is 5.84. The van der Waals surface area contributed by atoms with E-state index in [2.05, 4.69) is 15.5 Å². The average Bonchev–Trinajstić information content (AvgIpc) is 2.58. The molecule has 2 rings (SSSR count). The predicted octanol–water partition coefficient (Wildman–Crippen LogP) is 1.69. The van der Waals surface area contributed by atoms with Gasteiger partial charge in [0.1, 0.15) is 0 Å². The lowest BCUT2D eigenvalue weighted by Gasteiger charge is -2.37. The van der Waals surface area contributed by atoms with Gasteiger partial charge in [0.2, 0.25) is 11.8 Å². The van der Waals surface area contributed by atoms with Crippen LogP contribution in [0.2, 0.25) is 0 Å². The van der Waals surface area contributed by atoms with Crippen molar-refractivity contribution in [2.24, 2.45) is 5.92 Å². The average molecular weight is 354 g/mol. The first-order valence-corrected chi connectivity index (χ1v) is 9.96. The number of ether oxygens (including phenoxy) is 1. The summed E-state index contributed by atoms with van der Waals surface area (Å²) < 4.78 is 5.47. The van der Waals surface area contributed by atoms with Crippen molar-refractivity contribution in [2.75, 3.05) is 32.8 Å². The van der Waals surface area contributed by atoms with Gasteiger partial charge >= 0.3 is 0 Å². The first-order chi connectivity index (χ1) is 12.1. The molecule has 2 N–H and O–H groups in total. The SMILES string of the molecule is CC(C)OCCCNC(=O)CC1C(=O)NCCN1CC1CCCCC1. The summed E-state index contributed by atoms with van der Waals surface area (Å²) in [6.45, 7) is 7.74. The van der Waals surface area contributed by atoms with Gasteiger partial charge in [0, 0.05) is 32.8 Å². The van der Waals surface area contributed by atoms with Gasteiger partial charge in [-0.1, -0.05) is 19.3 Å². The van der Waals surface area contributed by atoms with E-state index in [4.69, 9.17) is 4.74 Å². The van der Waals surface area contributed by atoms with E-state index in [1.807, 2.05) is 13.8 Å². The number of amides is 2. The van der Waals surface area contributed by atoms with Crippen LogP contribution < -0.4 is 10.6 Å². The molecule has 2 fully saturated rings. The highest BCUT2D eigenvalue weighted by atomic mass is 16.5. The summed E-state index contributed by atoms with van der Waals surface area (Å²) in [6, 6.07) is -0.317. The molecule has 2 amide bonds. The lowest BCUT2D eigenvalue weighted by atomic mass is 9.88. The number of hydrogen-bond donors (Lipinski definition) is 2. The van der Waals surface area contributed by atoms with E-state index < -0.39 is 0 Å². The maximum atomic E-state index is 12.3. The Balaban J connectivity index is 1.75. The number of carbonyl (C=O) groups is 2. The molecule has 2 aliphatic rings. The van der Waals surface area contributed by atoms with Crippen molar-refractivity contribution in [3.63, 3.8) is 0 Å². The number of piperazine rings is 1. The molecule has 1 heterocycles. The van der Waals surface area contributed by atoms with E-state index >= 15 is 0 Å². The van der Waals surface area contributed by atoms with Crippen LogP contribution in [0.5, 0.6) is 0 Å². The van der Waals surface area contributed by atoms with Crippen LogP contribution in [0.3, 0.4) is 0 Å². The van der Waals surface area contributed by atoms with Crippen molar-refractivity contribution in [1.29, 1.82) is 0 Å². The third-order valence-electron chi connectivity index (χ3n) is 5.13. The molecule has 1 aliphatic carbocycles. The van der Waals surface area contributed by atoms with Gasteiger partial charge in [-0.2, -0.15) is 0 Å². The van der Waals surface area contributed by atoms with E-state index in [9.17, 15) is 9.59 Å². The Morgan fingerprint density at radius 1 is 1.32 bits per heavy atom. The maximum Gasteiger partial charge on any atom is 0.237 e. The lowest BCUT2D eigenvalue weighted by molar-refractivity contribution is -0.134.